The van der Waals surface area contributed by atoms with Gasteiger partial charge < -0.3 is 10.0 Å². The Hall–Kier alpha value is -1.36. The first-order valence-corrected chi connectivity index (χ1v) is 8.59. The molecule has 3 rings (SSSR count). The first-order chi connectivity index (χ1) is 10.1. The van der Waals surface area contributed by atoms with Gasteiger partial charge in [-0.25, -0.2) is 0 Å². The predicted octanol–water partition coefficient (Wildman–Crippen LogP) is 3.27. The standard InChI is InChI=1S/C16H21NO3S/c18-14(9-16(15(19)20)6-1-2-7-16)17(13-3-4-13)10-12-5-8-21-11-12/h5,8,11,13H,1-4,6-7,9-10H2,(H,19,20). The Morgan fingerprint density at radius 2 is 2.05 bits per heavy atom. The van der Waals surface area contributed by atoms with E-state index in [1.54, 1.807) is 11.3 Å². The maximum Gasteiger partial charge on any atom is 0.310 e. The number of carbonyl (C=O) groups is 2. The maximum atomic E-state index is 12.7. The minimum atomic E-state index is -0.807. The summed E-state index contributed by atoms with van der Waals surface area (Å²) in [6.45, 7) is 0.628. The summed E-state index contributed by atoms with van der Waals surface area (Å²) in [6, 6.07) is 2.36. The molecule has 1 aromatic heterocycles. The third-order valence-corrected chi connectivity index (χ3v) is 5.48. The van der Waals surface area contributed by atoms with Gasteiger partial charge in [0.2, 0.25) is 5.91 Å². The van der Waals surface area contributed by atoms with Crippen molar-refractivity contribution < 1.29 is 14.7 Å². The van der Waals surface area contributed by atoms with Crippen molar-refractivity contribution in [1.29, 1.82) is 0 Å². The number of hydrogen-bond acceptors (Lipinski definition) is 3. The van der Waals surface area contributed by atoms with Crippen molar-refractivity contribution in [2.75, 3.05) is 0 Å². The molecule has 2 fully saturated rings. The second-order valence-corrected chi connectivity index (χ2v) is 7.13. The molecular formula is C16H21NO3S. The Morgan fingerprint density at radius 1 is 1.33 bits per heavy atom. The van der Waals surface area contributed by atoms with E-state index in [2.05, 4.69) is 5.38 Å². The van der Waals surface area contributed by atoms with Crippen LogP contribution in [0.2, 0.25) is 0 Å². The summed E-state index contributed by atoms with van der Waals surface area (Å²) < 4.78 is 0. The van der Waals surface area contributed by atoms with E-state index in [4.69, 9.17) is 0 Å². The van der Waals surface area contributed by atoms with Crippen LogP contribution in [0.3, 0.4) is 0 Å². The van der Waals surface area contributed by atoms with Gasteiger partial charge >= 0.3 is 5.97 Å². The summed E-state index contributed by atoms with van der Waals surface area (Å²) >= 11 is 1.63. The van der Waals surface area contributed by atoms with E-state index >= 15 is 0 Å². The molecule has 1 aromatic rings. The number of hydrogen-bond donors (Lipinski definition) is 1. The van der Waals surface area contributed by atoms with Gasteiger partial charge in [0.15, 0.2) is 0 Å². The molecule has 2 aliphatic rings. The van der Waals surface area contributed by atoms with Gasteiger partial charge in [0.05, 0.1) is 5.41 Å². The van der Waals surface area contributed by atoms with Crippen LogP contribution >= 0.6 is 11.3 Å². The average Bonchev–Trinajstić information content (AvgIpc) is 2.97. The molecule has 1 N–H and O–H groups in total. The van der Waals surface area contributed by atoms with E-state index in [0.717, 1.165) is 31.2 Å². The highest BCUT2D eigenvalue weighted by Crippen LogP contribution is 2.42. The van der Waals surface area contributed by atoms with Crippen molar-refractivity contribution in [1.82, 2.24) is 4.90 Å². The van der Waals surface area contributed by atoms with Gasteiger partial charge in [-0.2, -0.15) is 11.3 Å². The fourth-order valence-corrected chi connectivity index (χ4v) is 3.96. The molecule has 0 aromatic carbocycles. The van der Waals surface area contributed by atoms with Crippen LogP contribution in [0.1, 0.15) is 50.5 Å². The molecule has 114 valence electrons. The Kier molecular flexibility index (Phi) is 4.02. The third kappa shape index (κ3) is 3.12. The summed E-state index contributed by atoms with van der Waals surface area (Å²) in [5.41, 5.74) is 0.342. The fourth-order valence-electron chi connectivity index (χ4n) is 3.30. The van der Waals surface area contributed by atoms with Crippen LogP contribution in [0.25, 0.3) is 0 Å². The van der Waals surface area contributed by atoms with Crippen LogP contribution in [0.5, 0.6) is 0 Å². The molecule has 21 heavy (non-hydrogen) atoms. The lowest BCUT2D eigenvalue weighted by Crippen LogP contribution is -2.39. The zero-order chi connectivity index (χ0) is 14.9. The first-order valence-electron chi connectivity index (χ1n) is 7.65. The quantitative estimate of drug-likeness (QED) is 0.877. The number of carboxylic acid groups (broad SMARTS) is 1. The summed E-state index contributed by atoms with van der Waals surface area (Å²) in [7, 11) is 0. The predicted molar refractivity (Wildman–Crippen MR) is 81.0 cm³/mol. The van der Waals surface area contributed by atoms with E-state index in [-0.39, 0.29) is 12.3 Å². The molecule has 0 bridgehead atoms. The lowest BCUT2D eigenvalue weighted by molar-refractivity contribution is -0.153. The molecule has 5 heteroatoms. The molecule has 2 saturated carbocycles. The monoisotopic (exact) mass is 307 g/mol. The molecule has 1 amide bonds. The molecule has 2 aliphatic carbocycles. The number of carboxylic acids is 1. The zero-order valence-corrected chi connectivity index (χ0v) is 12.9. The SMILES string of the molecule is O=C(CC1(C(=O)O)CCCC1)N(Cc1ccsc1)C1CC1. The highest BCUT2D eigenvalue weighted by atomic mass is 32.1. The number of thiophene rings is 1. The second-order valence-electron chi connectivity index (χ2n) is 6.35. The fraction of sp³-hybridized carbons (Fsp3) is 0.625. The van der Waals surface area contributed by atoms with Crippen LogP contribution in [-0.2, 0) is 16.1 Å². The van der Waals surface area contributed by atoms with Crippen molar-refractivity contribution >= 4 is 23.2 Å². The van der Waals surface area contributed by atoms with Gasteiger partial charge in [0.1, 0.15) is 0 Å². The van der Waals surface area contributed by atoms with E-state index in [9.17, 15) is 14.7 Å². The van der Waals surface area contributed by atoms with E-state index in [1.807, 2.05) is 16.3 Å². The maximum absolute atomic E-state index is 12.7. The number of amides is 1. The van der Waals surface area contributed by atoms with E-state index < -0.39 is 11.4 Å². The Bertz CT molecular complexity index is 516. The molecule has 0 spiro atoms. The minimum absolute atomic E-state index is 0.0213. The molecule has 0 radical (unpaired) electrons. The first kappa shape index (κ1) is 14.6. The van der Waals surface area contributed by atoms with Crippen LogP contribution in [0.4, 0.5) is 0 Å². The van der Waals surface area contributed by atoms with Crippen molar-refractivity contribution in [2.24, 2.45) is 5.41 Å². The van der Waals surface area contributed by atoms with Crippen LogP contribution < -0.4 is 0 Å². The molecule has 0 saturated heterocycles. The Morgan fingerprint density at radius 3 is 2.57 bits per heavy atom. The van der Waals surface area contributed by atoms with Crippen molar-refractivity contribution in [3.8, 4) is 0 Å². The lowest BCUT2D eigenvalue weighted by atomic mass is 9.82. The van der Waals surface area contributed by atoms with Crippen molar-refractivity contribution in [3.05, 3.63) is 22.4 Å². The summed E-state index contributed by atoms with van der Waals surface area (Å²) in [6.07, 6.45) is 5.41. The highest BCUT2D eigenvalue weighted by molar-refractivity contribution is 7.07. The molecule has 0 aliphatic heterocycles. The number of nitrogens with zero attached hydrogens (tertiary/aromatic N) is 1. The Balaban J connectivity index is 1.70. The van der Waals surface area contributed by atoms with Gasteiger partial charge in [-0.05, 0) is 48.1 Å². The van der Waals surface area contributed by atoms with Crippen LogP contribution in [-0.4, -0.2) is 27.9 Å². The molecule has 4 nitrogen and oxygen atoms in total. The normalized spacial score (nSPS) is 20.4. The molecular weight excluding hydrogens is 286 g/mol. The van der Waals surface area contributed by atoms with Gasteiger partial charge in [0.25, 0.3) is 0 Å². The van der Waals surface area contributed by atoms with Crippen LogP contribution in [0.15, 0.2) is 16.8 Å². The van der Waals surface area contributed by atoms with Gasteiger partial charge in [-0.1, -0.05) is 12.8 Å². The van der Waals surface area contributed by atoms with Crippen molar-refractivity contribution in [2.45, 2.75) is 57.5 Å². The van der Waals surface area contributed by atoms with Gasteiger partial charge in [0, 0.05) is 19.0 Å². The van der Waals surface area contributed by atoms with Gasteiger partial charge in [-0.15, -0.1) is 0 Å². The summed E-state index contributed by atoms with van der Waals surface area (Å²) in [5.74, 6) is -0.771. The lowest BCUT2D eigenvalue weighted by Gasteiger charge is -2.28. The highest BCUT2D eigenvalue weighted by Gasteiger charge is 2.45. The smallest absolute Gasteiger partial charge is 0.310 e. The summed E-state index contributed by atoms with van der Waals surface area (Å²) in [5, 5.41) is 13.6. The number of carbonyl (C=O) groups excluding carboxylic acids is 1. The second kappa shape index (κ2) is 5.79. The average molecular weight is 307 g/mol. The topological polar surface area (TPSA) is 57.6 Å². The van der Waals surface area contributed by atoms with Crippen LogP contribution in [0, 0.1) is 5.41 Å². The zero-order valence-electron chi connectivity index (χ0n) is 12.1. The number of aliphatic carboxylic acids is 1. The largest absolute Gasteiger partial charge is 0.481 e. The van der Waals surface area contributed by atoms with E-state index in [0.29, 0.717) is 25.4 Å². The molecule has 0 unspecified atom stereocenters. The summed E-state index contributed by atoms with van der Waals surface area (Å²) in [4.78, 5) is 26.2. The molecule has 0 atom stereocenters. The molecule has 1 heterocycles. The van der Waals surface area contributed by atoms with E-state index in [1.165, 1.54) is 0 Å². The third-order valence-electron chi connectivity index (χ3n) is 4.74. The van der Waals surface area contributed by atoms with Crippen molar-refractivity contribution in [3.63, 3.8) is 0 Å². The Labute approximate surface area is 128 Å². The van der Waals surface area contributed by atoms with Gasteiger partial charge in [-0.3, -0.25) is 9.59 Å². The number of rotatable bonds is 6. The minimum Gasteiger partial charge on any atom is -0.481 e.